The lowest BCUT2D eigenvalue weighted by molar-refractivity contribution is -0.167. The van der Waals surface area contributed by atoms with Crippen molar-refractivity contribution in [3.8, 4) is 0 Å². The van der Waals surface area contributed by atoms with Crippen molar-refractivity contribution in [1.82, 2.24) is 0 Å². The molecule has 0 saturated heterocycles. The molecule has 0 heterocycles. The van der Waals surface area contributed by atoms with Crippen molar-refractivity contribution in [1.29, 1.82) is 0 Å². The van der Waals surface area contributed by atoms with Crippen LogP contribution >= 0.6 is 0 Å². The summed E-state index contributed by atoms with van der Waals surface area (Å²) in [6.07, 6.45) is 71.7. The van der Waals surface area contributed by atoms with Crippen LogP contribution in [0.1, 0.15) is 284 Å². The number of hydrogen-bond donors (Lipinski definition) is 0. The normalized spacial score (nSPS) is 12.6. The van der Waals surface area contributed by atoms with Crippen molar-refractivity contribution in [2.45, 2.75) is 290 Å². The summed E-state index contributed by atoms with van der Waals surface area (Å²) in [6.45, 7) is 6.50. The van der Waals surface area contributed by atoms with Gasteiger partial charge in [0.15, 0.2) is 6.10 Å². The van der Waals surface area contributed by atoms with Crippen LogP contribution in [-0.4, -0.2) is 37.2 Å². The van der Waals surface area contributed by atoms with Crippen LogP contribution in [0, 0.1) is 0 Å². The third kappa shape index (κ3) is 53.8. The highest BCUT2D eigenvalue weighted by atomic mass is 16.6. The fourth-order valence-corrected chi connectivity index (χ4v) is 8.13. The van der Waals surface area contributed by atoms with Crippen LogP contribution in [0.3, 0.4) is 0 Å². The van der Waals surface area contributed by atoms with Crippen molar-refractivity contribution >= 4 is 17.9 Å². The first-order chi connectivity index (χ1) is 33.5. The summed E-state index contributed by atoms with van der Waals surface area (Å²) in [7, 11) is 0. The van der Waals surface area contributed by atoms with Crippen LogP contribution in [0.5, 0.6) is 0 Å². The van der Waals surface area contributed by atoms with E-state index in [1.807, 2.05) is 0 Å². The Morgan fingerprint density at radius 3 is 1.01 bits per heavy atom. The van der Waals surface area contributed by atoms with Gasteiger partial charge in [-0.3, -0.25) is 14.4 Å². The third-order valence-corrected chi connectivity index (χ3v) is 12.5. The van der Waals surface area contributed by atoms with Crippen LogP contribution in [0.4, 0.5) is 0 Å². The molecule has 0 amide bonds. The zero-order valence-electron chi connectivity index (χ0n) is 44.9. The highest BCUT2D eigenvalue weighted by Gasteiger charge is 2.19. The van der Waals surface area contributed by atoms with E-state index in [1.165, 1.54) is 154 Å². The van der Waals surface area contributed by atoms with Gasteiger partial charge in [0.05, 0.1) is 0 Å². The monoisotopic (exact) mass is 949 g/mol. The molecule has 0 aromatic heterocycles. The first-order valence-corrected chi connectivity index (χ1v) is 29.0. The van der Waals surface area contributed by atoms with E-state index >= 15 is 0 Å². The minimum Gasteiger partial charge on any atom is -0.462 e. The van der Waals surface area contributed by atoms with Gasteiger partial charge in [0.25, 0.3) is 0 Å². The Morgan fingerprint density at radius 2 is 0.618 bits per heavy atom. The highest BCUT2D eigenvalue weighted by molar-refractivity contribution is 5.71. The Bertz CT molecular complexity index is 1270. The van der Waals surface area contributed by atoms with E-state index in [9.17, 15) is 14.4 Å². The Hall–Kier alpha value is -3.15. The Morgan fingerprint density at radius 1 is 0.324 bits per heavy atom. The molecule has 0 bridgehead atoms. The molecule has 0 rings (SSSR count). The molecule has 0 saturated carbocycles. The van der Waals surface area contributed by atoms with E-state index in [1.54, 1.807) is 0 Å². The molecule has 0 aromatic carbocycles. The number of rotatable bonds is 52. The van der Waals surface area contributed by atoms with Gasteiger partial charge in [-0.15, -0.1) is 0 Å². The second kappa shape index (κ2) is 56.4. The average molecular weight is 950 g/mol. The van der Waals surface area contributed by atoms with E-state index < -0.39 is 6.10 Å². The van der Waals surface area contributed by atoms with Crippen LogP contribution in [0.25, 0.3) is 0 Å². The molecule has 0 aliphatic carbocycles. The second-order valence-electron chi connectivity index (χ2n) is 19.2. The van der Waals surface area contributed by atoms with E-state index in [0.29, 0.717) is 19.3 Å². The second-order valence-corrected chi connectivity index (χ2v) is 19.2. The number of ether oxygens (including phenoxy) is 3. The lowest BCUT2D eigenvalue weighted by atomic mass is 10.0. The van der Waals surface area contributed by atoms with Crippen molar-refractivity contribution in [2.75, 3.05) is 13.2 Å². The fraction of sp³-hybridized carbons (Fsp3) is 0.758. The minimum atomic E-state index is -0.782. The van der Waals surface area contributed by atoms with Crippen LogP contribution in [0.15, 0.2) is 72.9 Å². The average Bonchev–Trinajstić information content (AvgIpc) is 3.34. The Labute approximate surface area is 421 Å². The minimum absolute atomic E-state index is 0.0791. The topological polar surface area (TPSA) is 78.9 Å². The predicted octanol–water partition coefficient (Wildman–Crippen LogP) is 19.4. The molecule has 1 atom stereocenters. The number of carbonyl (C=O) groups is 3. The van der Waals surface area contributed by atoms with Gasteiger partial charge in [0.2, 0.25) is 0 Å². The summed E-state index contributed by atoms with van der Waals surface area (Å²) < 4.78 is 16.9. The molecule has 0 N–H and O–H groups in total. The lowest BCUT2D eigenvalue weighted by Gasteiger charge is -2.18. The summed E-state index contributed by atoms with van der Waals surface area (Å²) in [6, 6.07) is 0. The maximum atomic E-state index is 12.9. The molecule has 0 fully saturated rings. The number of unbranched alkanes of at least 4 members (excludes halogenated alkanes) is 30. The first kappa shape index (κ1) is 64.8. The smallest absolute Gasteiger partial charge is 0.306 e. The standard InChI is InChI=1S/C62H108O6/c1-4-7-10-13-16-19-22-25-27-29-31-33-35-37-40-43-46-49-52-55-61(64)67-58-59(57-66-60(63)54-51-48-45-42-39-24-21-18-15-12-9-6-3)68-62(65)56-53-50-47-44-41-38-36-34-32-30-28-26-23-20-17-14-11-8-5-2/h7,10,16-17,19-20,23,25-27,31,33,59H,4-6,8-9,11-15,18,21-22,24,28-30,32,34-58H2,1-3H3/b10-7-,19-16-,20-17-,26-23-,27-25-,33-31-. The van der Waals surface area contributed by atoms with Crippen LogP contribution in [0.2, 0.25) is 0 Å². The van der Waals surface area contributed by atoms with Crippen LogP contribution in [-0.2, 0) is 28.6 Å². The number of hydrogen-bond acceptors (Lipinski definition) is 6. The summed E-state index contributed by atoms with van der Waals surface area (Å²) in [5.74, 6) is -0.888. The van der Waals surface area contributed by atoms with E-state index in [0.717, 1.165) is 89.9 Å². The van der Waals surface area contributed by atoms with Gasteiger partial charge < -0.3 is 14.2 Å². The van der Waals surface area contributed by atoms with Crippen molar-refractivity contribution in [2.24, 2.45) is 0 Å². The molecule has 68 heavy (non-hydrogen) atoms. The zero-order valence-corrected chi connectivity index (χ0v) is 44.9. The summed E-state index contributed by atoms with van der Waals surface area (Å²) in [4.78, 5) is 38.2. The summed E-state index contributed by atoms with van der Waals surface area (Å²) in [5.41, 5.74) is 0. The first-order valence-electron chi connectivity index (χ1n) is 29.0. The van der Waals surface area contributed by atoms with E-state index in [4.69, 9.17) is 14.2 Å². The number of esters is 3. The van der Waals surface area contributed by atoms with Gasteiger partial charge in [-0.05, 0) is 83.5 Å². The number of carbonyl (C=O) groups excluding carboxylic acids is 3. The van der Waals surface area contributed by atoms with Gasteiger partial charge in [-0.2, -0.15) is 0 Å². The molecule has 0 aliphatic rings. The Balaban J connectivity index is 4.37. The van der Waals surface area contributed by atoms with Gasteiger partial charge in [-0.1, -0.05) is 254 Å². The lowest BCUT2D eigenvalue weighted by Crippen LogP contribution is -2.30. The van der Waals surface area contributed by atoms with Crippen molar-refractivity contribution < 1.29 is 28.6 Å². The van der Waals surface area contributed by atoms with Crippen molar-refractivity contribution in [3.05, 3.63) is 72.9 Å². The molecule has 0 radical (unpaired) electrons. The quantitative estimate of drug-likeness (QED) is 0.0199. The fourth-order valence-electron chi connectivity index (χ4n) is 8.13. The SMILES string of the molecule is CC/C=C\C/C=C\C/C=C\C/C=C\CCCCCCCCC(=O)OCC(COC(=O)CCCCCCCCCCCCCC)OC(=O)CCCCCCCCCCCC/C=C\C=C/CCCCC. The molecule has 6 heteroatoms. The molecule has 0 aliphatic heterocycles. The maximum absolute atomic E-state index is 12.9. The summed E-state index contributed by atoms with van der Waals surface area (Å²) in [5, 5.41) is 0. The third-order valence-electron chi connectivity index (χ3n) is 12.5. The molecular weight excluding hydrogens is 841 g/mol. The summed E-state index contributed by atoms with van der Waals surface area (Å²) >= 11 is 0. The van der Waals surface area contributed by atoms with Gasteiger partial charge in [0, 0.05) is 19.3 Å². The molecule has 0 spiro atoms. The number of allylic oxidation sites excluding steroid dienone is 12. The molecule has 6 nitrogen and oxygen atoms in total. The maximum Gasteiger partial charge on any atom is 0.306 e. The van der Waals surface area contributed by atoms with Gasteiger partial charge in [0.1, 0.15) is 13.2 Å². The van der Waals surface area contributed by atoms with Gasteiger partial charge in [-0.25, -0.2) is 0 Å². The van der Waals surface area contributed by atoms with Crippen molar-refractivity contribution in [3.63, 3.8) is 0 Å². The molecule has 0 aromatic rings. The molecule has 1 unspecified atom stereocenters. The predicted molar refractivity (Wildman–Crippen MR) is 293 cm³/mol. The van der Waals surface area contributed by atoms with E-state index in [2.05, 4.69) is 93.7 Å². The molecule has 392 valence electrons. The van der Waals surface area contributed by atoms with Gasteiger partial charge >= 0.3 is 17.9 Å². The Kier molecular flexibility index (Phi) is 53.8. The molecular formula is C62H108O6. The largest absolute Gasteiger partial charge is 0.462 e. The zero-order chi connectivity index (χ0) is 49.3. The van der Waals surface area contributed by atoms with Crippen LogP contribution < -0.4 is 0 Å². The van der Waals surface area contributed by atoms with E-state index in [-0.39, 0.29) is 31.1 Å². The highest BCUT2D eigenvalue weighted by Crippen LogP contribution is 2.16.